The number of rotatable bonds is 6. The summed E-state index contributed by atoms with van der Waals surface area (Å²) in [6, 6.07) is 7.92. The van der Waals surface area contributed by atoms with E-state index in [0.717, 1.165) is 35.7 Å². The zero-order chi connectivity index (χ0) is 27.3. The monoisotopic (exact) mass is 535 g/mol. The minimum atomic E-state index is -4.52. The average Bonchev–Trinajstić information content (AvgIpc) is 3.70. The molecule has 200 valence electrons. The third-order valence-electron chi connectivity index (χ3n) is 6.93. The predicted molar refractivity (Wildman–Crippen MR) is 134 cm³/mol. The highest BCUT2D eigenvalue weighted by Gasteiger charge is 2.35. The van der Waals surface area contributed by atoms with Crippen LogP contribution in [0.3, 0.4) is 0 Å². The molecule has 1 aliphatic heterocycles. The molecule has 1 fully saturated rings. The number of halogens is 3. The highest BCUT2D eigenvalue weighted by atomic mass is 19.4. The molecule has 1 aliphatic carbocycles. The molecular weight excluding hydrogens is 511 g/mol. The number of benzene rings is 1. The van der Waals surface area contributed by atoms with E-state index in [9.17, 15) is 18.0 Å². The second-order valence-corrected chi connectivity index (χ2v) is 9.69. The first-order chi connectivity index (χ1) is 18.7. The fourth-order valence-corrected chi connectivity index (χ4v) is 4.80. The maximum absolute atomic E-state index is 13.1. The maximum Gasteiger partial charge on any atom is 0.435 e. The number of aromatic nitrogens is 6. The standard InChI is InChI=1S/C27H24F3N7O2/c1-15-11-20(27(28,29)30)35-37(15)19-8-3-16(4-9-19)13-36-21(38)10-7-18-12-31-24(34-25(18)36)22-23(17-5-6-17)32-14-33-26(22)39-2/h3-4,8-9,11-12,14,17H,5-7,10,13H2,1-2H3. The molecule has 2 aliphatic rings. The molecule has 12 heteroatoms. The second kappa shape index (κ2) is 9.44. The zero-order valence-corrected chi connectivity index (χ0v) is 21.2. The molecule has 4 heterocycles. The molecule has 6 rings (SSSR count). The molecule has 1 saturated carbocycles. The summed E-state index contributed by atoms with van der Waals surface area (Å²) in [5.41, 5.74) is 3.04. The summed E-state index contributed by atoms with van der Waals surface area (Å²) in [6.07, 6.45) is 1.59. The van der Waals surface area contributed by atoms with E-state index < -0.39 is 11.9 Å². The minimum Gasteiger partial charge on any atom is -0.480 e. The van der Waals surface area contributed by atoms with Crippen LogP contribution in [-0.2, 0) is 23.9 Å². The Labute approximate surface area is 221 Å². The number of methoxy groups -OCH3 is 1. The number of hydrogen-bond donors (Lipinski definition) is 0. The second-order valence-electron chi connectivity index (χ2n) is 9.69. The van der Waals surface area contributed by atoms with Gasteiger partial charge in [0.15, 0.2) is 11.5 Å². The summed E-state index contributed by atoms with van der Waals surface area (Å²) < 4.78 is 46.0. The van der Waals surface area contributed by atoms with Crippen molar-refractivity contribution >= 4 is 11.7 Å². The van der Waals surface area contributed by atoms with Crippen molar-refractivity contribution in [1.29, 1.82) is 0 Å². The first-order valence-corrected chi connectivity index (χ1v) is 12.5. The lowest BCUT2D eigenvalue weighted by atomic mass is 10.0. The fourth-order valence-electron chi connectivity index (χ4n) is 4.80. The van der Waals surface area contributed by atoms with E-state index >= 15 is 0 Å². The van der Waals surface area contributed by atoms with Crippen LogP contribution in [0.1, 0.15) is 53.4 Å². The number of alkyl halides is 3. The summed E-state index contributed by atoms with van der Waals surface area (Å²) in [4.78, 5) is 32.8. The van der Waals surface area contributed by atoms with E-state index in [2.05, 4.69) is 20.1 Å². The number of fused-ring (bicyclic) bond motifs is 1. The summed E-state index contributed by atoms with van der Waals surface area (Å²) in [5.74, 6) is 1.54. The van der Waals surface area contributed by atoms with Gasteiger partial charge in [-0.05, 0) is 49.9 Å². The van der Waals surface area contributed by atoms with Gasteiger partial charge < -0.3 is 4.74 Å². The highest BCUT2D eigenvalue weighted by molar-refractivity contribution is 5.95. The Bertz CT molecular complexity index is 1560. The quantitative estimate of drug-likeness (QED) is 0.349. The lowest BCUT2D eigenvalue weighted by Gasteiger charge is -2.28. The van der Waals surface area contributed by atoms with Crippen molar-refractivity contribution < 1.29 is 22.7 Å². The van der Waals surface area contributed by atoms with Crippen molar-refractivity contribution in [2.24, 2.45) is 0 Å². The van der Waals surface area contributed by atoms with Crippen LogP contribution < -0.4 is 9.64 Å². The number of anilines is 1. The number of ether oxygens (including phenoxy) is 1. The Hall–Kier alpha value is -4.35. The van der Waals surface area contributed by atoms with Crippen LogP contribution in [0.15, 0.2) is 42.9 Å². The fraction of sp³-hybridized carbons (Fsp3) is 0.333. The Morgan fingerprint density at radius 3 is 2.51 bits per heavy atom. The van der Waals surface area contributed by atoms with Crippen LogP contribution in [0.25, 0.3) is 17.1 Å². The normalized spacial score (nSPS) is 15.4. The molecule has 1 aromatic carbocycles. The summed E-state index contributed by atoms with van der Waals surface area (Å²) in [6.45, 7) is 1.81. The van der Waals surface area contributed by atoms with Gasteiger partial charge in [-0.15, -0.1) is 0 Å². The molecule has 4 aromatic rings. The molecule has 3 aromatic heterocycles. The first kappa shape index (κ1) is 25.0. The minimum absolute atomic E-state index is 0.0762. The van der Waals surface area contributed by atoms with Gasteiger partial charge in [-0.1, -0.05) is 12.1 Å². The number of carbonyl (C=O) groups is 1. The van der Waals surface area contributed by atoms with Gasteiger partial charge in [-0.25, -0.2) is 24.6 Å². The van der Waals surface area contributed by atoms with Crippen LogP contribution in [0, 0.1) is 6.92 Å². The van der Waals surface area contributed by atoms with Gasteiger partial charge in [0.1, 0.15) is 17.7 Å². The van der Waals surface area contributed by atoms with E-state index in [0.29, 0.717) is 53.2 Å². The highest BCUT2D eigenvalue weighted by Crippen LogP contribution is 2.45. The number of carbonyl (C=O) groups excluding carboxylic acids is 1. The Kier molecular flexibility index (Phi) is 6.04. The molecule has 1 amide bonds. The van der Waals surface area contributed by atoms with Gasteiger partial charge in [-0.3, -0.25) is 9.69 Å². The van der Waals surface area contributed by atoms with Crippen LogP contribution in [-0.4, -0.2) is 42.7 Å². The Morgan fingerprint density at radius 2 is 1.85 bits per heavy atom. The average molecular weight is 536 g/mol. The lowest BCUT2D eigenvalue weighted by molar-refractivity contribution is -0.141. The van der Waals surface area contributed by atoms with E-state index in [1.165, 1.54) is 18.1 Å². The first-order valence-electron chi connectivity index (χ1n) is 12.5. The molecule has 0 unspecified atom stereocenters. The number of amides is 1. The third-order valence-corrected chi connectivity index (χ3v) is 6.93. The van der Waals surface area contributed by atoms with Crippen LogP contribution >= 0.6 is 0 Å². The molecule has 39 heavy (non-hydrogen) atoms. The summed E-state index contributed by atoms with van der Waals surface area (Å²) >= 11 is 0. The predicted octanol–water partition coefficient (Wildman–Crippen LogP) is 4.81. The van der Waals surface area contributed by atoms with Crippen molar-refractivity contribution in [2.45, 2.75) is 51.2 Å². The number of nitrogens with zero attached hydrogens (tertiary/aromatic N) is 7. The van der Waals surface area contributed by atoms with Crippen molar-refractivity contribution in [1.82, 2.24) is 29.7 Å². The zero-order valence-electron chi connectivity index (χ0n) is 21.2. The topological polar surface area (TPSA) is 98.9 Å². The van der Waals surface area contributed by atoms with Crippen LogP contribution in [0.4, 0.5) is 19.0 Å². The van der Waals surface area contributed by atoms with Crippen molar-refractivity contribution in [3.8, 4) is 23.0 Å². The molecule has 0 spiro atoms. The van der Waals surface area contributed by atoms with E-state index in [4.69, 9.17) is 9.72 Å². The van der Waals surface area contributed by atoms with Crippen LogP contribution in [0.5, 0.6) is 5.88 Å². The van der Waals surface area contributed by atoms with E-state index in [-0.39, 0.29) is 12.5 Å². The third kappa shape index (κ3) is 4.70. The van der Waals surface area contributed by atoms with E-state index in [1.807, 2.05) is 0 Å². The largest absolute Gasteiger partial charge is 0.480 e. The molecular formula is C27H24F3N7O2. The van der Waals surface area contributed by atoms with Gasteiger partial charge in [0, 0.05) is 29.8 Å². The molecule has 0 atom stereocenters. The van der Waals surface area contributed by atoms with Crippen molar-refractivity contribution in [2.75, 3.05) is 12.0 Å². The molecule has 0 saturated heterocycles. The van der Waals surface area contributed by atoms with Gasteiger partial charge >= 0.3 is 6.18 Å². The molecule has 0 radical (unpaired) electrons. The van der Waals surface area contributed by atoms with Crippen molar-refractivity contribution in [3.05, 3.63) is 71.1 Å². The van der Waals surface area contributed by atoms with Gasteiger partial charge in [0.05, 0.1) is 25.0 Å². The van der Waals surface area contributed by atoms with Crippen LogP contribution in [0.2, 0.25) is 0 Å². The number of hydrogen-bond acceptors (Lipinski definition) is 7. The number of aryl methyl sites for hydroxylation is 2. The molecule has 9 nitrogen and oxygen atoms in total. The lowest BCUT2D eigenvalue weighted by Crippen LogP contribution is -2.35. The maximum atomic E-state index is 13.1. The van der Waals surface area contributed by atoms with Gasteiger partial charge in [0.25, 0.3) is 0 Å². The van der Waals surface area contributed by atoms with Gasteiger partial charge in [-0.2, -0.15) is 18.3 Å². The smallest absolute Gasteiger partial charge is 0.435 e. The van der Waals surface area contributed by atoms with E-state index in [1.54, 1.807) is 42.3 Å². The molecule has 0 bridgehead atoms. The Morgan fingerprint density at radius 1 is 1.08 bits per heavy atom. The SMILES string of the molecule is COc1ncnc(C2CC2)c1-c1ncc2c(n1)N(Cc1ccc(-n3nc(C(F)(F)F)cc3C)cc1)C(=O)CC2. The Balaban J connectivity index is 1.31. The summed E-state index contributed by atoms with van der Waals surface area (Å²) in [5, 5.41) is 3.70. The molecule has 0 N–H and O–H groups in total. The van der Waals surface area contributed by atoms with Crippen molar-refractivity contribution in [3.63, 3.8) is 0 Å². The van der Waals surface area contributed by atoms with Gasteiger partial charge in [0.2, 0.25) is 11.8 Å². The summed E-state index contributed by atoms with van der Waals surface area (Å²) in [7, 11) is 1.54.